The van der Waals surface area contributed by atoms with Gasteiger partial charge in [-0.2, -0.15) is 5.10 Å². The third-order valence-corrected chi connectivity index (χ3v) is 3.79. The zero-order valence-corrected chi connectivity index (χ0v) is 10.7. The Morgan fingerprint density at radius 2 is 1.94 bits per heavy atom. The number of H-pyrrole nitrogens is 1. The van der Waals surface area contributed by atoms with Crippen LogP contribution in [0.4, 0.5) is 0 Å². The largest absolute Gasteiger partial charge is 0.310 e. The quantitative estimate of drug-likeness (QED) is 0.848. The molecule has 1 saturated heterocycles. The number of piperidine rings is 1. The second kappa shape index (κ2) is 4.94. The smallest absolute Gasteiger partial charge is 0.0650 e. The maximum absolute atomic E-state index is 3.98. The van der Waals surface area contributed by atoms with Crippen molar-refractivity contribution in [3.63, 3.8) is 0 Å². The van der Waals surface area contributed by atoms with Gasteiger partial charge in [0.05, 0.1) is 5.69 Å². The predicted molar refractivity (Wildman–Crippen MR) is 73.2 cm³/mol. The van der Waals surface area contributed by atoms with Crippen molar-refractivity contribution in [2.24, 2.45) is 5.92 Å². The van der Waals surface area contributed by atoms with Gasteiger partial charge in [-0.05, 0) is 42.5 Å². The molecule has 3 nitrogen and oxygen atoms in total. The normalized spacial score (nSPS) is 24.1. The third-order valence-electron chi connectivity index (χ3n) is 3.79. The second-order valence-corrected chi connectivity index (χ2v) is 5.24. The first kappa shape index (κ1) is 11.5. The first-order chi connectivity index (χ1) is 8.83. The van der Waals surface area contributed by atoms with Crippen molar-refractivity contribution in [1.82, 2.24) is 15.5 Å². The Hall–Kier alpha value is -1.61. The number of nitrogens with zero attached hydrogens (tertiary/aromatic N) is 1. The first-order valence-electron chi connectivity index (χ1n) is 6.66. The van der Waals surface area contributed by atoms with Gasteiger partial charge >= 0.3 is 0 Å². The van der Waals surface area contributed by atoms with Crippen molar-refractivity contribution in [2.45, 2.75) is 25.8 Å². The standard InChI is InChI=1S/C15H19N3/c1-11-2-7-14(16-10-11)12-3-5-13(6-4-12)15-8-9-17-18-15/h3-6,8-9,11,14,16H,2,7,10H2,1H3,(H,17,18)/t11-,14+/m1/s1. The highest BCUT2D eigenvalue weighted by molar-refractivity contribution is 5.58. The fraction of sp³-hybridized carbons (Fsp3) is 0.400. The minimum Gasteiger partial charge on any atom is -0.310 e. The third kappa shape index (κ3) is 2.31. The van der Waals surface area contributed by atoms with Gasteiger partial charge in [-0.3, -0.25) is 5.10 Å². The van der Waals surface area contributed by atoms with E-state index in [0.717, 1.165) is 18.2 Å². The summed E-state index contributed by atoms with van der Waals surface area (Å²) in [5.74, 6) is 0.811. The maximum atomic E-state index is 3.98. The summed E-state index contributed by atoms with van der Waals surface area (Å²) in [7, 11) is 0. The van der Waals surface area contributed by atoms with Crippen LogP contribution in [0.3, 0.4) is 0 Å². The molecule has 1 aliphatic heterocycles. The van der Waals surface area contributed by atoms with Crippen LogP contribution in [0.5, 0.6) is 0 Å². The van der Waals surface area contributed by atoms with Gasteiger partial charge in [0.25, 0.3) is 0 Å². The Kier molecular flexibility index (Phi) is 3.15. The summed E-state index contributed by atoms with van der Waals surface area (Å²) in [6.07, 6.45) is 4.35. The van der Waals surface area contributed by atoms with E-state index in [0.29, 0.717) is 6.04 Å². The molecule has 1 aromatic heterocycles. The van der Waals surface area contributed by atoms with Crippen molar-refractivity contribution in [3.8, 4) is 11.3 Å². The Morgan fingerprint density at radius 1 is 1.11 bits per heavy atom. The number of aromatic nitrogens is 2. The molecule has 0 saturated carbocycles. The number of aromatic amines is 1. The van der Waals surface area contributed by atoms with E-state index in [1.807, 2.05) is 6.07 Å². The fourth-order valence-corrected chi connectivity index (χ4v) is 2.59. The molecule has 3 heteroatoms. The molecule has 0 unspecified atom stereocenters. The van der Waals surface area contributed by atoms with E-state index in [1.54, 1.807) is 6.20 Å². The molecule has 2 N–H and O–H groups in total. The predicted octanol–water partition coefficient (Wildman–Crippen LogP) is 3.14. The van der Waals surface area contributed by atoms with Gasteiger partial charge in [-0.1, -0.05) is 31.2 Å². The SMILES string of the molecule is C[C@@H]1CC[C@@H](c2ccc(-c3ccn[nH]3)cc2)NC1. The van der Waals surface area contributed by atoms with Crippen LogP contribution in [0.2, 0.25) is 0 Å². The zero-order valence-electron chi connectivity index (χ0n) is 10.7. The summed E-state index contributed by atoms with van der Waals surface area (Å²) in [6, 6.07) is 11.3. The van der Waals surface area contributed by atoms with E-state index in [-0.39, 0.29) is 0 Å². The number of hydrogen-bond acceptors (Lipinski definition) is 2. The highest BCUT2D eigenvalue weighted by atomic mass is 15.1. The molecule has 0 spiro atoms. The first-order valence-corrected chi connectivity index (χ1v) is 6.66. The molecule has 0 bridgehead atoms. The molecular formula is C15H19N3. The van der Waals surface area contributed by atoms with Crippen LogP contribution in [-0.4, -0.2) is 16.7 Å². The summed E-state index contributed by atoms with van der Waals surface area (Å²) >= 11 is 0. The molecule has 1 aliphatic rings. The molecule has 2 atom stereocenters. The minimum absolute atomic E-state index is 0.525. The van der Waals surface area contributed by atoms with Crippen LogP contribution in [-0.2, 0) is 0 Å². The topological polar surface area (TPSA) is 40.7 Å². The Morgan fingerprint density at radius 3 is 2.56 bits per heavy atom. The number of rotatable bonds is 2. The molecule has 94 valence electrons. The van der Waals surface area contributed by atoms with Gasteiger partial charge in [0.2, 0.25) is 0 Å². The van der Waals surface area contributed by atoms with E-state index in [2.05, 4.69) is 46.7 Å². The van der Waals surface area contributed by atoms with E-state index < -0.39 is 0 Å². The summed E-state index contributed by atoms with van der Waals surface area (Å²) in [5, 5.41) is 10.6. The molecule has 0 radical (unpaired) electrons. The Balaban J connectivity index is 1.75. The van der Waals surface area contributed by atoms with Crippen LogP contribution in [0, 0.1) is 5.92 Å². The highest BCUT2D eigenvalue weighted by Crippen LogP contribution is 2.27. The van der Waals surface area contributed by atoms with Gasteiger partial charge in [-0.25, -0.2) is 0 Å². The lowest BCUT2D eigenvalue weighted by molar-refractivity contribution is 0.333. The molecule has 18 heavy (non-hydrogen) atoms. The fourth-order valence-electron chi connectivity index (χ4n) is 2.59. The molecule has 3 rings (SSSR count). The maximum Gasteiger partial charge on any atom is 0.0650 e. The van der Waals surface area contributed by atoms with E-state index in [9.17, 15) is 0 Å². The van der Waals surface area contributed by atoms with Crippen LogP contribution < -0.4 is 5.32 Å². The van der Waals surface area contributed by atoms with Crippen LogP contribution >= 0.6 is 0 Å². The lowest BCUT2D eigenvalue weighted by Crippen LogP contribution is -2.31. The lowest BCUT2D eigenvalue weighted by atomic mass is 9.91. The minimum atomic E-state index is 0.525. The van der Waals surface area contributed by atoms with Gasteiger partial charge < -0.3 is 5.32 Å². The molecule has 1 fully saturated rings. The summed E-state index contributed by atoms with van der Waals surface area (Å²) < 4.78 is 0. The average Bonchev–Trinajstić information content (AvgIpc) is 2.94. The van der Waals surface area contributed by atoms with Crippen LogP contribution in [0.1, 0.15) is 31.4 Å². The lowest BCUT2D eigenvalue weighted by Gasteiger charge is -2.28. The number of hydrogen-bond donors (Lipinski definition) is 2. The molecular weight excluding hydrogens is 222 g/mol. The van der Waals surface area contributed by atoms with E-state index >= 15 is 0 Å². The van der Waals surface area contributed by atoms with Gasteiger partial charge in [0.15, 0.2) is 0 Å². The molecule has 0 aliphatic carbocycles. The zero-order chi connectivity index (χ0) is 12.4. The van der Waals surface area contributed by atoms with Crippen molar-refractivity contribution in [3.05, 3.63) is 42.1 Å². The van der Waals surface area contributed by atoms with Gasteiger partial charge in [0, 0.05) is 12.2 Å². The van der Waals surface area contributed by atoms with Gasteiger partial charge in [0.1, 0.15) is 0 Å². The molecule has 2 heterocycles. The van der Waals surface area contributed by atoms with Crippen molar-refractivity contribution < 1.29 is 0 Å². The number of nitrogens with one attached hydrogen (secondary N) is 2. The van der Waals surface area contributed by atoms with Gasteiger partial charge in [-0.15, -0.1) is 0 Å². The summed E-state index contributed by atoms with van der Waals surface area (Å²) in [4.78, 5) is 0. The van der Waals surface area contributed by atoms with Crippen molar-refractivity contribution in [2.75, 3.05) is 6.54 Å². The van der Waals surface area contributed by atoms with E-state index in [4.69, 9.17) is 0 Å². The monoisotopic (exact) mass is 241 g/mol. The molecule has 2 aromatic rings. The van der Waals surface area contributed by atoms with E-state index in [1.165, 1.54) is 24.0 Å². The molecule has 0 amide bonds. The number of benzene rings is 1. The Labute approximate surface area is 108 Å². The average molecular weight is 241 g/mol. The Bertz CT molecular complexity index is 479. The summed E-state index contributed by atoms with van der Waals surface area (Å²) in [6.45, 7) is 3.44. The van der Waals surface area contributed by atoms with Crippen molar-refractivity contribution >= 4 is 0 Å². The summed E-state index contributed by atoms with van der Waals surface area (Å²) in [5.41, 5.74) is 3.66. The molecule has 1 aromatic carbocycles. The van der Waals surface area contributed by atoms with Crippen LogP contribution in [0.25, 0.3) is 11.3 Å². The van der Waals surface area contributed by atoms with Crippen LogP contribution in [0.15, 0.2) is 36.5 Å². The van der Waals surface area contributed by atoms with Crippen molar-refractivity contribution in [1.29, 1.82) is 0 Å². The highest BCUT2D eigenvalue weighted by Gasteiger charge is 2.18. The second-order valence-electron chi connectivity index (χ2n) is 5.24.